The first-order valence-corrected chi connectivity index (χ1v) is 36.3. The number of carboxylic acid groups (broad SMARTS) is 1. The van der Waals surface area contributed by atoms with Gasteiger partial charge in [0.2, 0.25) is 17.9 Å². The number of aromatic amines is 2. The zero-order valence-corrected chi connectivity index (χ0v) is 63.0. The number of likely N-dealkylation sites (N-methyl/N-ethyl adjacent to an activating group) is 2. The van der Waals surface area contributed by atoms with Crippen molar-refractivity contribution in [2.75, 3.05) is 27.8 Å². The molecule has 2 heterocycles. The van der Waals surface area contributed by atoms with Gasteiger partial charge in [-0.25, -0.2) is 21.0 Å². The number of H-pyrrole nitrogens is 2. The fourth-order valence-electron chi connectivity index (χ4n) is 12.4. The normalized spacial score (nSPS) is 15.0. The number of ketones is 2. The maximum absolute atomic E-state index is 14.3. The van der Waals surface area contributed by atoms with Crippen molar-refractivity contribution in [2.45, 2.75) is 186 Å². The van der Waals surface area contributed by atoms with Crippen LogP contribution in [0.25, 0.3) is 26.7 Å². The number of carbonyl (C=O) groups is 8. The van der Waals surface area contributed by atoms with Crippen molar-refractivity contribution >= 4 is 69.6 Å². The van der Waals surface area contributed by atoms with E-state index < -0.39 is 72.8 Å². The number of carboxylic acids is 1. The third-order valence-electron chi connectivity index (χ3n) is 19.1. The minimum atomic E-state index is -4.40. The molecular weight excluding hydrogens is 1390 g/mol. The molecule has 2 aliphatic carbocycles. The summed E-state index contributed by atoms with van der Waals surface area (Å²) in [7, 11) is 4.59. The van der Waals surface area contributed by atoms with Gasteiger partial charge in [0, 0.05) is 105 Å². The maximum atomic E-state index is 14.3. The van der Waals surface area contributed by atoms with Crippen LogP contribution in [0.5, 0.6) is 0 Å². The molecule has 6 aromatic carbocycles. The van der Waals surface area contributed by atoms with E-state index in [4.69, 9.17) is 25.9 Å². The predicted molar refractivity (Wildman–Crippen MR) is 411 cm³/mol. The highest BCUT2D eigenvalue weighted by Gasteiger charge is 2.35. The second kappa shape index (κ2) is 45.2. The third kappa shape index (κ3) is 28.3. The van der Waals surface area contributed by atoms with Gasteiger partial charge in [0.05, 0.1) is 12.1 Å². The van der Waals surface area contributed by atoms with Gasteiger partial charge < -0.3 is 60.8 Å². The summed E-state index contributed by atoms with van der Waals surface area (Å²) in [6.45, 7) is 14.8. The maximum Gasteiger partial charge on any atom is 0.411 e. The number of para-hydroxylation sites is 2. The molecule has 0 fully saturated rings. The van der Waals surface area contributed by atoms with Crippen LogP contribution in [0.3, 0.4) is 0 Å². The largest absolute Gasteiger partial charge is 0.480 e. The van der Waals surface area contributed by atoms with Crippen LogP contribution in [-0.2, 0) is 81.9 Å². The number of hydrogen-bond acceptors (Lipinski definition) is 13. The van der Waals surface area contributed by atoms with Crippen LogP contribution in [0.15, 0.2) is 170 Å². The molecule has 24 heteroatoms. The standard InChI is InChI=1S/C42H51N3O6.C23H25N3O5.C11H11N.C6H12O.C2H3F3O.H3N/c1-28(50-4)21-22-33(39(46)24-32-17-12-16-31-15-8-9-18-35(31)32)25-40(47)38(23-34-26-43-37-20-11-10-19-36(34)37)44-41(48)29(2)45(3)42(49)51-27-30-13-6-5-7-14-30;1-15(26(2)23(30)31-14-16-8-4-3-5-9-16)21(27)25-20(22(28)29)12-17-13-24-19-11-7-6-10-18(17)19;1-12-11-8-4-6-9-5-2-3-7-10(9)11;1-6(2)4-3-5-7;3-2(4,5)1-6;/h5-11,13-15,18-20,26,28-29,32-33,38,43H,12,16-17,21-25,27H2,1-4H3,(H,44,48);3-11,13,15,20,24H,12,14H2,1-2H3,(H,25,27)(H,28,29);2-3,5,7,11H,4,6,8H2;5-6H,3-4H2,1-2H3;6H,1H2;1H3/t28?,29-,32?,33?,38-;15-,20-;11-;;;/m001.../s1. The number of aliphatic hydroxyl groups excluding tert-OH is 1. The predicted octanol–water partition coefficient (Wildman–Crippen LogP) is 15.6. The van der Waals surface area contributed by atoms with E-state index >= 15 is 0 Å². The van der Waals surface area contributed by atoms with E-state index in [0.717, 1.165) is 100 Å². The van der Waals surface area contributed by atoms with Crippen LogP contribution in [0.1, 0.15) is 155 Å². The molecule has 2 aromatic heterocycles. The number of amides is 4. The molecule has 21 nitrogen and oxygen atoms in total. The molecule has 8 aromatic rings. The van der Waals surface area contributed by atoms with Crippen LogP contribution in [-0.4, -0.2) is 142 Å². The van der Waals surface area contributed by atoms with Gasteiger partial charge in [0.15, 0.2) is 5.78 Å². The number of aliphatic carboxylic acids is 1. The van der Waals surface area contributed by atoms with E-state index in [1.807, 2.05) is 141 Å². The molecule has 0 spiro atoms. The van der Waals surface area contributed by atoms with E-state index in [1.54, 1.807) is 20.2 Å². The van der Waals surface area contributed by atoms with Gasteiger partial charge in [0.25, 0.3) is 0 Å². The van der Waals surface area contributed by atoms with Crippen LogP contribution in [0.2, 0.25) is 0 Å². The molecule has 580 valence electrons. The van der Waals surface area contributed by atoms with E-state index in [0.29, 0.717) is 25.2 Å². The molecule has 9 N–H and O–H groups in total. The van der Waals surface area contributed by atoms with Gasteiger partial charge in [-0.1, -0.05) is 159 Å². The zero-order chi connectivity index (χ0) is 78.0. The number of fused-ring (bicyclic) bond motifs is 4. The van der Waals surface area contributed by atoms with Crippen LogP contribution >= 0.6 is 0 Å². The summed E-state index contributed by atoms with van der Waals surface area (Å²) in [5.41, 5.74) is 10.3. The topological polar surface area (TPSA) is 306 Å². The number of benzene rings is 6. The molecule has 0 radical (unpaired) electrons. The second-order valence-corrected chi connectivity index (χ2v) is 27.3. The summed E-state index contributed by atoms with van der Waals surface area (Å²) >= 11 is 0. The third-order valence-corrected chi connectivity index (χ3v) is 19.1. The Morgan fingerprint density at radius 1 is 0.620 bits per heavy atom. The Morgan fingerprint density at radius 2 is 1.06 bits per heavy atom. The lowest BCUT2D eigenvalue weighted by Crippen LogP contribution is -2.52. The summed E-state index contributed by atoms with van der Waals surface area (Å²) in [5.74, 6) is -2.08. The fourth-order valence-corrected chi connectivity index (χ4v) is 12.4. The Labute approximate surface area is 631 Å². The first kappa shape index (κ1) is 88.2. The number of aromatic nitrogens is 2. The average molecular weight is 1490 g/mol. The van der Waals surface area contributed by atoms with Crippen molar-refractivity contribution in [3.8, 4) is 0 Å². The molecule has 108 heavy (non-hydrogen) atoms. The molecule has 0 aliphatic heterocycles. The lowest BCUT2D eigenvalue weighted by molar-refractivity contribution is -0.159. The van der Waals surface area contributed by atoms with E-state index in [-0.39, 0.29) is 68.3 Å². The van der Waals surface area contributed by atoms with E-state index in [9.17, 15) is 56.6 Å². The van der Waals surface area contributed by atoms with Crippen molar-refractivity contribution in [3.05, 3.63) is 226 Å². The molecule has 8 atom stereocenters. The highest BCUT2D eigenvalue weighted by molar-refractivity contribution is 5.96. The lowest BCUT2D eigenvalue weighted by Gasteiger charge is -2.28. The number of methoxy groups -OCH3 is 1. The molecule has 0 saturated heterocycles. The first-order valence-electron chi connectivity index (χ1n) is 36.3. The van der Waals surface area contributed by atoms with Gasteiger partial charge in [-0.2, -0.15) is 13.2 Å². The number of aryl methyl sites for hydroxylation is 2. The fraction of sp³-hybridized carbons (Fsp3) is 0.417. The number of nitrogens with one attached hydrogen (secondary N) is 4. The van der Waals surface area contributed by atoms with Gasteiger partial charge in [-0.05, 0) is 135 Å². The van der Waals surface area contributed by atoms with Gasteiger partial charge in [-0.15, -0.1) is 0 Å². The summed E-state index contributed by atoms with van der Waals surface area (Å²) < 4.78 is 47.8. The highest BCUT2D eigenvalue weighted by atomic mass is 19.4. The number of ether oxygens (including phenoxy) is 3. The lowest BCUT2D eigenvalue weighted by atomic mass is 9.77. The number of carbonyl (C=O) groups excluding carboxylic acids is 7. The number of alkyl halides is 3. The molecule has 0 saturated carbocycles. The number of halogens is 3. The summed E-state index contributed by atoms with van der Waals surface area (Å²) in [4.78, 5) is 114. The van der Waals surface area contributed by atoms with Crippen LogP contribution in [0, 0.1) is 18.4 Å². The van der Waals surface area contributed by atoms with Gasteiger partial charge >= 0.3 is 24.3 Å². The number of Topliss-reactive ketones (excluding diaryl/α,β-unsaturated/α-hetero) is 2. The molecule has 2 aliphatic rings. The van der Waals surface area contributed by atoms with Gasteiger partial charge in [-0.3, -0.25) is 29.0 Å². The molecule has 3 unspecified atom stereocenters. The summed E-state index contributed by atoms with van der Waals surface area (Å²) in [6.07, 6.45) is 8.75. The molecular formula is C84H105F3N8O13. The number of rotatable bonds is 28. The first-order chi connectivity index (χ1) is 51.2. The average Bonchev–Trinajstić information content (AvgIpc) is 1.60. The van der Waals surface area contributed by atoms with E-state index in [1.165, 1.54) is 54.6 Å². The minimum absolute atomic E-state index is 0. The Morgan fingerprint density at radius 3 is 1.53 bits per heavy atom. The molecule has 10 rings (SSSR count). The Kier molecular flexibility index (Phi) is 36.9. The van der Waals surface area contributed by atoms with Crippen LogP contribution < -0.4 is 16.8 Å². The van der Waals surface area contributed by atoms with Crippen molar-refractivity contribution in [2.24, 2.45) is 11.8 Å². The summed E-state index contributed by atoms with van der Waals surface area (Å²) in [5, 5.41) is 24.2. The smallest absolute Gasteiger partial charge is 0.411 e. The zero-order valence-electron chi connectivity index (χ0n) is 63.0. The SMILES string of the molecule is CC(C)CCC=O.COC(C)CCC(CC(=O)[C@H](Cc1c[nH]c2ccccc12)NC(=O)[C@H](C)N(C)C(=O)OCc1ccccc1)C(=O)CC1CCCc2ccccc21.C[C@@H](C(=O)N[C@@H](Cc1c[nH]c2ccccc12)C(=O)O)N(C)C(=O)OCc1ccccc1.N.OCC(F)(F)F.[C-]#[N+][C@@H]1CCCc2ccccc21. The summed E-state index contributed by atoms with van der Waals surface area (Å²) in [6, 6.07) is 46.8. The molecule has 4 amide bonds. The van der Waals surface area contributed by atoms with Gasteiger partial charge in [0.1, 0.15) is 50.0 Å². The quantitative estimate of drug-likeness (QED) is 0.0177. The number of aldehydes is 1. The number of nitrogens with zero attached hydrogens (tertiary/aromatic N) is 3. The molecule has 0 bridgehead atoms. The Hall–Kier alpha value is -10.5. The van der Waals surface area contributed by atoms with Crippen molar-refractivity contribution < 1.29 is 76.0 Å². The number of aliphatic hydroxyl groups is 1. The minimum Gasteiger partial charge on any atom is -0.480 e. The van der Waals surface area contributed by atoms with Crippen molar-refractivity contribution in [1.29, 1.82) is 0 Å². The second-order valence-electron chi connectivity index (χ2n) is 27.3. The Bertz CT molecular complexity index is 4180. The Balaban J connectivity index is 0.000000306. The van der Waals surface area contributed by atoms with Crippen molar-refractivity contribution in [1.82, 2.24) is 36.6 Å². The van der Waals surface area contributed by atoms with E-state index in [2.05, 4.69) is 69.6 Å². The van der Waals surface area contributed by atoms with Crippen LogP contribution in [0.4, 0.5) is 22.8 Å². The number of hydrogen-bond donors (Lipinski definition) is 7. The van der Waals surface area contributed by atoms with Crippen molar-refractivity contribution in [3.63, 3.8) is 0 Å². The highest BCUT2D eigenvalue weighted by Crippen LogP contribution is 2.36. The monoisotopic (exact) mass is 1490 g/mol.